The second kappa shape index (κ2) is 8.26. The van der Waals surface area contributed by atoms with Crippen molar-refractivity contribution in [2.75, 3.05) is 20.6 Å². The van der Waals surface area contributed by atoms with Gasteiger partial charge in [-0.3, -0.25) is 0 Å². The van der Waals surface area contributed by atoms with Gasteiger partial charge in [0, 0.05) is 19.0 Å². The van der Waals surface area contributed by atoms with Crippen LogP contribution in [-0.4, -0.2) is 54.7 Å². The summed E-state index contributed by atoms with van der Waals surface area (Å²) in [4.78, 5) is 25.0. The fourth-order valence-corrected chi connectivity index (χ4v) is 1.68. The summed E-state index contributed by atoms with van der Waals surface area (Å²) in [5, 5.41) is 14.4. The Bertz CT molecular complexity index is 462. The molecule has 0 saturated heterocycles. The normalized spacial score (nSPS) is 13.5. The van der Waals surface area contributed by atoms with Crippen LogP contribution in [0.25, 0.3) is 0 Å². The van der Waals surface area contributed by atoms with Crippen LogP contribution in [0.1, 0.15) is 12.5 Å². The second-order valence-corrected chi connectivity index (χ2v) is 5.25. The van der Waals surface area contributed by atoms with Crippen LogP contribution in [0.2, 0.25) is 0 Å². The van der Waals surface area contributed by atoms with Crippen molar-refractivity contribution in [3.05, 3.63) is 35.9 Å². The summed E-state index contributed by atoms with van der Waals surface area (Å²) >= 11 is 0. The molecule has 0 radical (unpaired) electrons. The average molecular weight is 293 g/mol. The summed E-state index contributed by atoms with van der Waals surface area (Å²) in [6.45, 7) is 2.43. The number of aliphatic carboxylic acids is 1. The van der Waals surface area contributed by atoms with E-state index in [1.165, 1.54) is 0 Å². The summed E-state index contributed by atoms with van der Waals surface area (Å²) in [6.07, 6.45) is 0.257. The molecule has 0 saturated carbocycles. The summed E-state index contributed by atoms with van der Waals surface area (Å²) in [7, 11) is 3.83. The molecule has 2 amide bonds. The van der Waals surface area contributed by atoms with E-state index in [1.54, 1.807) is 0 Å². The van der Waals surface area contributed by atoms with E-state index in [1.807, 2.05) is 56.3 Å². The lowest BCUT2D eigenvalue weighted by atomic mass is 10.1. The number of urea groups is 1. The highest BCUT2D eigenvalue weighted by atomic mass is 16.4. The highest BCUT2D eigenvalue weighted by Gasteiger charge is 2.20. The van der Waals surface area contributed by atoms with E-state index in [9.17, 15) is 14.7 Å². The Labute approximate surface area is 125 Å². The molecule has 0 spiro atoms. The van der Waals surface area contributed by atoms with Crippen LogP contribution in [0.5, 0.6) is 0 Å². The van der Waals surface area contributed by atoms with Gasteiger partial charge in [0.25, 0.3) is 0 Å². The summed E-state index contributed by atoms with van der Waals surface area (Å²) in [5.74, 6) is -1.05. The number of hydrogen-bond donors (Lipinski definition) is 3. The molecule has 3 N–H and O–H groups in total. The summed E-state index contributed by atoms with van der Waals surface area (Å²) in [6, 6.07) is 7.98. The first-order valence-corrected chi connectivity index (χ1v) is 6.87. The number of amides is 2. The van der Waals surface area contributed by atoms with E-state index in [4.69, 9.17) is 0 Å². The zero-order chi connectivity index (χ0) is 15.8. The average Bonchev–Trinajstić information content (AvgIpc) is 2.44. The number of carbonyl (C=O) groups is 2. The molecule has 1 unspecified atom stereocenters. The maximum absolute atomic E-state index is 11.8. The Morgan fingerprint density at radius 3 is 2.38 bits per heavy atom. The van der Waals surface area contributed by atoms with Gasteiger partial charge in [-0.2, -0.15) is 0 Å². The maximum atomic E-state index is 11.8. The molecular formula is C15H23N3O3. The fraction of sp³-hybridized carbons (Fsp3) is 0.467. The number of carboxylic acid groups (broad SMARTS) is 1. The van der Waals surface area contributed by atoms with E-state index in [-0.39, 0.29) is 12.5 Å². The molecule has 0 aromatic heterocycles. The Morgan fingerprint density at radius 2 is 1.86 bits per heavy atom. The van der Waals surface area contributed by atoms with Gasteiger partial charge in [-0.1, -0.05) is 30.3 Å². The minimum Gasteiger partial charge on any atom is -0.480 e. The van der Waals surface area contributed by atoms with E-state index < -0.39 is 18.0 Å². The topological polar surface area (TPSA) is 81.7 Å². The Kier molecular flexibility index (Phi) is 6.68. The lowest BCUT2D eigenvalue weighted by Gasteiger charge is -2.21. The standard InChI is InChI=1S/C15H23N3O3/c1-11(18(2)3)10-16-15(21)17-13(14(19)20)9-12-7-5-4-6-8-12/h4-8,11,13H,9-10H2,1-3H3,(H,19,20)(H2,16,17,21)/t11?,13-/m0/s1. The van der Waals surface area contributed by atoms with Crippen molar-refractivity contribution in [1.29, 1.82) is 0 Å². The van der Waals surface area contributed by atoms with E-state index in [0.717, 1.165) is 5.56 Å². The number of nitrogens with zero attached hydrogens (tertiary/aromatic N) is 1. The molecule has 6 heteroatoms. The number of carbonyl (C=O) groups excluding carboxylic acids is 1. The van der Waals surface area contributed by atoms with Crippen molar-refractivity contribution in [3.63, 3.8) is 0 Å². The predicted molar refractivity (Wildman–Crippen MR) is 81.3 cm³/mol. The Morgan fingerprint density at radius 1 is 1.24 bits per heavy atom. The minimum atomic E-state index is -1.05. The molecule has 0 aliphatic carbocycles. The van der Waals surface area contributed by atoms with E-state index in [2.05, 4.69) is 10.6 Å². The molecule has 0 fully saturated rings. The van der Waals surface area contributed by atoms with Crippen LogP contribution in [0.15, 0.2) is 30.3 Å². The quantitative estimate of drug-likeness (QED) is 0.698. The van der Waals surface area contributed by atoms with Crippen molar-refractivity contribution in [1.82, 2.24) is 15.5 Å². The van der Waals surface area contributed by atoms with Gasteiger partial charge >= 0.3 is 12.0 Å². The van der Waals surface area contributed by atoms with Gasteiger partial charge < -0.3 is 20.6 Å². The maximum Gasteiger partial charge on any atom is 0.326 e. The lowest BCUT2D eigenvalue weighted by molar-refractivity contribution is -0.139. The van der Waals surface area contributed by atoms with Crippen LogP contribution in [-0.2, 0) is 11.2 Å². The molecule has 116 valence electrons. The number of benzene rings is 1. The molecule has 1 aromatic carbocycles. The molecule has 21 heavy (non-hydrogen) atoms. The van der Waals surface area contributed by atoms with Gasteiger partial charge in [-0.15, -0.1) is 0 Å². The molecule has 2 atom stereocenters. The first-order valence-electron chi connectivity index (χ1n) is 6.87. The number of rotatable bonds is 7. The molecule has 0 bridgehead atoms. The van der Waals surface area contributed by atoms with Crippen molar-refractivity contribution in [2.24, 2.45) is 0 Å². The zero-order valence-corrected chi connectivity index (χ0v) is 12.7. The molecule has 1 rings (SSSR count). The number of nitrogens with one attached hydrogen (secondary N) is 2. The smallest absolute Gasteiger partial charge is 0.326 e. The van der Waals surface area contributed by atoms with Crippen LogP contribution in [0.4, 0.5) is 4.79 Å². The van der Waals surface area contributed by atoms with Gasteiger partial charge in [0.2, 0.25) is 0 Å². The van der Waals surface area contributed by atoms with Crippen LogP contribution in [0, 0.1) is 0 Å². The van der Waals surface area contributed by atoms with Gasteiger partial charge in [0.15, 0.2) is 0 Å². The molecule has 0 heterocycles. The van der Waals surface area contributed by atoms with Gasteiger partial charge in [-0.25, -0.2) is 9.59 Å². The van der Waals surface area contributed by atoms with Crippen molar-refractivity contribution in [3.8, 4) is 0 Å². The second-order valence-electron chi connectivity index (χ2n) is 5.25. The molecule has 0 aliphatic heterocycles. The number of carboxylic acids is 1. The van der Waals surface area contributed by atoms with Crippen LogP contribution < -0.4 is 10.6 Å². The van der Waals surface area contributed by atoms with Gasteiger partial charge in [0.05, 0.1) is 0 Å². The number of hydrogen-bond acceptors (Lipinski definition) is 3. The Balaban J connectivity index is 2.51. The minimum absolute atomic E-state index is 0.174. The van der Waals surface area contributed by atoms with Crippen LogP contribution >= 0.6 is 0 Å². The monoisotopic (exact) mass is 293 g/mol. The molecule has 1 aromatic rings. The summed E-state index contributed by atoms with van der Waals surface area (Å²) < 4.78 is 0. The molecular weight excluding hydrogens is 270 g/mol. The zero-order valence-electron chi connectivity index (χ0n) is 12.7. The Hall–Kier alpha value is -2.08. The summed E-state index contributed by atoms with van der Waals surface area (Å²) in [5.41, 5.74) is 0.867. The first kappa shape index (κ1) is 17.0. The van der Waals surface area contributed by atoms with E-state index >= 15 is 0 Å². The van der Waals surface area contributed by atoms with Gasteiger partial charge in [0.1, 0.15) is 6.04 Å². The molecule has 0 aliphatic rings. The third-order valence-corrected chi connectivity index (χ3v) is 3.33. The van der Waals surface area contributed by atoms with Crippen molar-refractivity contribution < 1.29 is 14.7 Å². The fourth-order valence-electron chi connectivity index (χ4n) is 1.68. The highest BCUT2D eigenvalue weighted by molar-refractivity contribution is 5.82. The van der Waals surface area contributed by atoms with Crippen molar-refractivity contribution >= 4 is 12.0 Å². The highest BCUT2D eigenvalue weighted by Crippen LogP contribution is 2.03. The predicted octanol–water partition coefficient (Wildman–Crippen LogP) is 0.932. The lowest BCUT2D eigenvalue weighted by Crippen LogP contribution is -2.49. The van der Waals surface area contributed by atoms with Crippen LogP contribution in [0.3, 0.4) is 0 Å². The largest absolute Gasteiger partial charge is 0.480 e. The van der Waals surface area contributed by atoms with E-state index in [0.29, 0.717) is 6.54 Å². The SMILES string of the molecule is CC(CNC(=O)N[C@@H](Cc1ccccc1)C(=O)O)N(C)C. The number of likely N-dealkylation sites (N-methyl/N-ethyl adjacent to an activating group) is 1. The molecule has 6 nitrogen and oxygen atoms in total. The third kappa shape index (κ3) is 6.27. The van der Waals surface area contributed by atoms with Gasteiger partial charge in [-0.05, 0) is 26.6 Å². The third-order valence-electron chi connectivity index (χ3n) is 3.33. The van der Waals surface area contributed by atoms with Crippen molar-refractivity contribution in [2.45, 2.75) is 25.4 Å². The first-order chi connectivity index (χ1) is 9.90.